The van der Waals surface area contributed by atoms with E-state index in [4.69, 9.17) is 50.4 Å². The number of aryl methyl sites for hydroxylation is 1. The number of hydrogen-bond donors (Lipinski definition) is 3. The van der Waals surface area contributed by atoms with Crippen LogP contribution in [0.4, 0.5) is 11.4 Å². The van der Waals surface area contributed by atoms with E-state index in [2.05, 4.69) is 354 Å². The number of ketones is 1. The number of benzene rings is 13. The number of anilines is 2. The van der Waals surface area contributed by atoms with E-state index in [9.17, 15) is 4.79 Å². The molecule has 5 heterocycles. The van der Waals surface area contributed by atoms with E-state index in [1.165, 1.54) is 78.1 Å². The topological polar surface area (TPSA) is 130 Å². The molecule has 0 radical (unpaired) electrons. The Kier molecular flexibility index (Phi) is 35.5. The summed E-state index contributed by atoms with van der Waals surface area (Å²) in [5.41, 5.74) is 34.3. The second-order valence-electron chi connectivity index (χ2n) is 35.7. The van der Waals surface area contributed by atoms with Crippen molar-refractivity contribution in [2.24, 2.45) is 0 Å². The lowest BCUT2D eigenvalue weighted by molar-refractivity contribution is -0.595. The molecule has 0 unspecified atom stereocenters. The van der Waals surface area contributed by atoms with Crippen molar-refractivity contribution in [1.82, 2.24) is 33.7 Å². The number of carbonyl (C=O) groups is 1. The van der Waals surface area contributed by atoms with Crippen LogP contribution in [0.25, 0.3) is 77.8 Å². The number of nitrogens with one attached hydrogen (secondary N) is 2. The molecule has 0 saturated carbocycles. The summed E-state index contributed by atoms with van der Waals surface area (Å²) >= 11 is 21.3. The van der Waals surface area contributed by atoms with Crippen molar-refractivity contribution in [2.45, 2.75) is 166 Å². The highest BCUT2D eigenvalue weighted by molar-refractivity contribution is 9.10. The Bertz CT molecular complexity index is 6820. The van der Waals surface area contributed by atoms with Crippen LogP contribution in [0.3, 0.4) is 0 Å². The molecule has 0 bridgehead atoms. The second-order valence-corrected chi connectivity index (χ2v) is 38.0. The molecule has 4 N–H and O–H groups in total. The number of aromatic nitrogens is 8. The molecule has 0 fully saturated rings. The maximum Gasteiger partial charge on any atom is 0.254 e. The van der Waals surface area contributed by atoms with Gasteiger partial charge in [0.25, 0.3) is 6.33 Å². The summed E-state index contributed by atoms with van der Waals surface area (Å²) in [6.45, 7) is 42.1. The van der Waals surface area contributed by atoms with Gasteiger partial charge in [0, 0.05) is 105 Å². The Hall–Kier alpha value is -13.0. The van der Waals surface area contributed by atoms with Gasteiger partial charge in [-0.2, -0.15) is 9.67 Å². The molecule has 0 saturated heterocycles. The smallest absolute Gasteiger partial charge is 0.254 e. The SMILES string of the molecule is C=C(C)CNc1ccc(C(C)C)cc1.CC(C)Oc1nn(Cc2ccccc2)c2ccccc12.CC(C)c1c(-c2ccccc2)c(-c2ccccc2)nn1-c1ccccc1.CC(C)c1c[n+](-c2ccccc2)cn1-c1ccc(Cl)cc1.CC(C)c1ccc2c(c1)[nH]c1ccc(Cl)cc12.CC(C)c1cccc(C(=O)c2ccc(Br)cc2)c1N.Cc1cc(C(C)C)c(C)n1-c1ccc(Cl)cc1. The predicted octanol–water partition coefficient (Wildman–Crippen LogP) is 32.9. The van der Waals surface area contributed by atoms with Crippen molar-refractivity contribution in [3.63, 3.8) is 0 Å². The first kappa shape index (κ1) is 100.0. The third-order valence-corrected chi connectivity index (χ3v) is 24.2. The van der Waals surface area contributed by atoms with Gasteiger partial charge in [0.05, 0.1) is 34.9 Å². The number of H-pyrrole nitrogens is 1. The summed E-state index contributed by atoms with van der Waals surface area (Å²) in [7, 11) is 0. The van der Waals surface area contributed by atoms with Gasteiger partial charge in [0.15, 0.2) is 11.5 Å². The zero-order valence-electron chi connectivity index (χ0n) is 80.1. The quantitative estimate of drug-likeness (QED) is 0.0284. The predicted molar refractivity (Wildman–Crippen MR) is 572 cm³/mol. The number of hydrogen-bond acceptors (Lipinski definition) is 6. The first-order valence-electron chi connectivity index (χ1n) is 46.1. The second kappa shape index (κ2) is 47.6. The summed E-state index contributed by atoms with van der Waals surface area (Å²) in [6.07, 6.45) is 4.43. The van der Waals surface area contributed by atoms with Gasteiger partial charge in [-0.25, -0.2) is 9.25 Å². The third-order valence-electron chi connectivity index (χ3n) is 23.0. The first-order valence-corrected chi connectivity index (χ1v) is 48.0. The van der Waals surface area contributed by atoms with Crippen molar-refractivity contribution in [2.75, 3.05) is 17.6 Å². The van der Waals surface area contributed by atoms with Crippen LogP contribution in [-0.2, 0) is 6.54 Å². The van der Waals surface area contributed by atoms with Gasteiger partial charge in [-0.1, -0.05) is 322 Å². The van der Waals surface area contributed by atoms with E-state index < -0.39 is 0 Å². The molecule has 0 aliphatic carbocycles. The Balaban J connectivity index is 0.000000142. The minimum absolute atomic E-state index is 0.0347. The summed E-state index contributed by atoms with van der Waals surface area (Å²) in [4.78, 5) is 15.9. The molecule has 18 rings (SSSR count). The fourth-order valence-corrected chi connectivity index (χ4v) is 16.7. The molecule has 0 atom stereocenters. The monoisotopic (exact) mass is 1900 g/mol. The number of nitrogens with two attached hydrogens (primary N) is 1. The zero-order valence-corrected chi connectivity index (χ0v) is 84.0. The Morgan fingerprint density at radius 1 is 0.500 bits per heavy atom. The fraction of sp³-hybridized carbons (Fsp3) is 0.220. The molecule has 0 spiro atoms. The zero-order chi connectivity index (χ0) is 95.8. The van der Waals surface area contributed by atoms with Gasteiger partial charge in [0.1, 0.15) is 23.3 Å². The van der Waals surface area contributed by atoms with Crippen molar-refractivity contribution < 1.29 is 14.1 Å². The number of aromatic amines is 1. The van der Waals surface area contributed by atoms with Crippen LogP contribution in [0.2, 0.25) is 15.1 Å². The Labute approximate surface area is 816 Å². The summed E-state index contributed by atoms with van der Waals surface area (Å²) in [6, 6.07) is 113. The molecular weight excluding hydrogens is 1780 g/mol. The molecule has 0 amide bonds. The number of imidazole rings is 1. The summed E-state index contributed by atoms with van der Waals surface area (Å²) < 4.78 is 17.5. The van der Waals surface area contributed by atoms with Crippen molar-refractivity contribution in [3.05, 3.63) is 440 Å². The highest BCUT2D eigenvalue weighted by atomic mass is 79.9. The van der Waals surface area contributed by atoms with Crippen LogP contribution in [0.15, 0.2) is 363 Å². The van der Waals surface area contributed by atoms with Crippen LogP contribution in [0.1, 0.15) is 206 Å². The molecule has 134 heavy (non-hydrogen) atoms. The van der Waals surface area contributed by atoms with E-state index in [0.29, 0.717) is 58.2 Å². The number of para-hydroxylation sites is 4. The van der Waals surface area contributed by atoms with Crippen LogP contribution in [0.5, 0.6) is 5.88 Å². The van der Waals surface area contributed by atoms with Crippen LogP contribution < -0.4 is 20.4 Å². The molecule has 0 aliphatic heterocycles. The van der Waals surface area contributed by atoms with E-state index in [0.717, 1.165) is 94.2 Å². The van der Waals surface area contributed by atoms with E-state index >= 15 is 0 Å². The number of fused-ring (bicyclic) bond motifs is 4. The first-order chi connectivity index (χ1) is 64.4. The molecule has 13 aromatic carbocycles. The number of halogens is 4. The van der Waals surface area contributed by atoms with Crippen LogP contribution in [0, 0.1) is 13.8 Å². The number of nitrogen functional groups attached to an aromatic ring is 1. The normalized spacial score (nSPS) is 11.0. The average Bonchev–Trinajstić information content (AvgIpc) is 1.61. The average molecular weight is 1900 g/mol. The lowest BCUT2D eigenvalue weighted by Gasteiger charge is -2.13. The Morgan fingerprint density at radius 3 is 1.62 bits per heavy atom. The number of nitrogens with zero attached hydrogens (tertiary/aromatic N) is 7. The molecule has 0 aliphatic rings. The summed E-state index contributed by atoms with van der Waals surface area (Å²) in [5.74, 6) is 3.47. The highest BCUT2D eigenvalue weighted by Crippen LogP contribution is 2.41. The van der Waals surface area contributed by atoms with E-state index in [1.807, 2.05) is 153 Å². The molecule has 686 valence electrons. The van der Waals surface area contributed by atoms with Gasteiger partial charge in [-0.3, -0.25) is 9.48 Å². The van der Waals surface area contributed by atoms with Gasteiger partial charge in [-0.15, -0.1) is 5.10 Å². The van der Waals surface area contributed by atoms with Crippen molar-refractivity contribution in [3.8, 4) is 51.0 Å². The molecule has 5 aromatic heterocycles. The summed E-state index contributed by atoms with van der Waals surface area (Å²) in [5, 5.41) is 18.8. The van der Waals surface area contributed by atoms with Gasteiger partial charge in [0.2, 0.25) is 5.88 Å². The van der Waals surface area contributed by atoms with E-state index in [-0.39, 0.29) is 11.9 Å². The minimum atomic E-state index is -0.0347. The van der Waals surface area contributed by atoms with Gasteiger partial charge < -0.3 is 25.3 Å². The molecule has 16 heteroatoms. The fourth-order valence-electron chi connectivity index (χ4n) is 16.0. The molecular formula is C118H125BrCl3N10O2+. The van der Waals surface area contributed by atoms with Crippen molar-refractivity contribution >= 4 is 101 Å². The van der Waals surface area contributed by atoms with Gasteiger partial charge >= 0.3 is 0 Å². The lowest BCUT2D eigenvalue weighted by Crippen LogP contribution is -2.27. The lowest BCUT2D eigenvalue weighted by atomic mass is 9.94. The largest absolute Gasteiger partial charge is 0.473 e. The van der Waals surface area contributed by atoms with E-state index in [1.54, 1.807) is 18.2 Å². The minimum Gasteiger partial charge on any atom is -0.473 e. The maximum atomic E-state index is 12.5. The maximum absolute atomic E-state index is 12.5. The number of rotatable bonds is 21. The molecule has 18 aromatic rings. The van der Waals surface area contributed by atoms with Crippen molar-refractivity contribution in [1.29, 1.82) is 0 Å². The Morgan fingerprint density at radius 2 is 1.05 bits per heavy atom. The number of ether oxygens (including phenoxy) is 1. The molecule has 12 nitrogen and oxygen atoms in total. The van der Waals surface area contributed by atoms with Gasteiger partial charge in [-0.05, 0) is 255 Å². The van der Waals surface area contributed by atoms with Crippen LogP contribution in [-0.4, -0.2) is 52.1 Å². The third kappa shape index (κ3) is 26.3. The highest BCUT2D eigenvalue weighted by Gasteiger charge is 2.26. The standard InChI is InChI=1S/C24H22N2.C18H18ClN2.C17H18N2O.C16H16BrNO.C15H14ClN.C15H18ClN.C13H19N/c1-18(2)24-22(19-12-6-3-7-13-19)23(20-14-8-4-9-15-20)25-26(24)21-16-10-5-11-17-21;1-14(2)18-12-20(16-6-4-3-5-7-16)13-21(18)17-10-8-15(19)9-11-17;1-13(2)20-17-15-10-6-7-11-16(15)19(18-17)12-14-8-4-3-5-9-14;1-10(2)13-4-3-5-14(15(13)18)16(19)11-6-8-12(17)9-7-11;1-9(2)10-3-5-12-13-8-11(16)4-6-14(13)17-15(12)7-10;1-10(2)15-9-11(3)17(12(15)4)14-7-5-13(16)6-8-14;1-10(2)9-14-13-7-5-12(6-8-13)11(3)4/h3-18H,1-2H3;3-14H,1-2H3;3-11,13H,12H2,1-2H3;3-10H,18H2,1-2H3;3-9,17H,1-2H3;5-10H,1-4H3;5-8,11,14H,1,9H2,2-4H3/q;+1;;;;;. The number of carbonyl (C=O) groups excluding carboxylic acids is 1. The van der Waals surface area contributed by atoms with Crippen LogP contribution >= 0.6 is 50.7 Å².